The number of amides is 1. The summed E-state index contributed by atoms with van der Waals surface area (Å²) >= 11 is 0. The second-order valence-corrected chi connectivity index (χ2v) is 7.65. The van der Waals surface area contributed by atoms with E-state index < -0.39 is 5.60 Å². The van der Waals surface area contributed by atoms with Crippen molar-refractivity contribution < 1.29 is 9.53 Å². The number of piperidine rings is 1. The summed E-state index contributed by atoms with van der Waals surface area (Å²) in [4.78, 5) is 14.4. The van der Waals surface area contributed by atoms with E-state index in [9.17, 15) is 4.79 Å². The SMILES string of the molecule is CC(C)C1CC(=Cc2ccccc2)CCN1C(=O)OC(C)(C)C. The molecule has 1 saturated heterocycles. The van der Waals surface area contributed by atoms with E-state index in [2.05, 4.69) is 44.2 Å². The summed E-state index contributed by atoms with van der Waals surface area (Å²) in [6, 6.07) is 10.6. The van der Waals surface area contributed by atoms with Gasteiger partial charge in [0, 0.05) is 12.6 Å². The van der Waals surface area contributed by atoms with Gasteiger partial charge < -0.3 is 9.64 Å². The fourth-order valence-electron chi connectivity index (χ4n) is 2.97. The lowest BCUT2D eigenvalue weighted by Gasteiger charge is -2.40. The molecule has 1 atom stereocenters. The molecule has 0 saturated carbocycles. The first-order valence-corrected chi connectivity index (χ1v) is 8.50. The van der Waals surface area contributed by atoms with Crippen LogP contribution in [-0.4, -0.2) is 29.2 Å². The van der Waals surface area contributed by atoms with E-state index >= 15 is 0 Å². The normalized spacial score (nSPS) is 20.9. The lowest BCUT2D eigenvalue weighted by atomic mass is 9.88. The standard InChI is InChI=1S/C20H29NO2/c1-15(2)18-14-17(13-16-9-7-6-8-10-16)11-12-21(18)19(22)23-20(3,4)5/h6-10,13,15,18H,11-12,14H2,1-5H3. The number of hydrogen-bond acceptors (Lipinski definition) is 2. The molecule has 0 spiro atoms. The zero-order chi connectivity index (χ0) is 17.0. The lowest BCUT2D eigenvalue weighted by molar-refractivity contribution is 0.00797. The summed E-state index contributed by atoms with van der Waals surface area (Å²) < 4.78 is 5.58. The van der Waals surface area contributed by atoms with E-state index in [4.69, 9.17) is 4.74 Å². The number of rotatable bonds is 2. The first-order valence-electron chi connectivity index (χ1n) is 8.50. The summed E-state index contributed by atoms with van der Waals surface area (Å²) in [5.74, 6) is 0.405. The maximum Gasteiger partial charge on any atom is 0.410 e. The first-order chi connectivity index (χ1) is 10.8. The van der Waals surface area contributed by atoms with Crippen LogP contribution in [0.2, 0.25) is 0 Å². The largest absolute Gasteiger partial charge is 0.444 e. The topological polar surface area (TPSA) is 29.5 Å². The molecule has 2 rings (SSSR count). The van der Waals surface area contributed by atoms with Crippen molar-refractivity contribution in [3.63, 3.8) is 0 Å². The van der Waals surface area contributed by atoms with Crippen molar-refractivity contribution in [1.82, 2.24) is 4.90 Å². The van der Waals surface area contributed by atoms with E-state index in [1.54, 1.807) is 0 Å². The van der Waals surface area contributed by atoms with Gasteiger partial charge in [-0.3, -0.25) is 0 Å². The molecule has 0 N–H and O–H groups in total. The molecule has 0 bridgehead atoms. The minimum Gasteiger partial charge on any atom is -0.444 e. The number of carbonyl (C=O) groups excluding carboxylic acids is 1. The molecule has 1 fully saturated rings. The van der Waals surface area contributed by atoms with Gasteiger partial charge in [0.1, 0.15) is 5.60 Å². The number of carbonyl (C=O) groups is 1. The van der Waals surface area contributed by atoms with Crippen LogP contribution in [0.1, 0.15) is 53.0 Å². The molecule has 0 aliphatic carbocycles. The van der Waals surface area contributed by atoms with E-state index in [1.807, 2.05) is 31.7 Å². The second kappa shape index (κ2) is 7.20. The van der Waals surface area contributed by atoms with Crippen molar-refractivity contribution in [2.75, 3.05) is 6.54 Å². The van der Waals surface area contributed by atoms with Gasteiger partial charge in [0.25, 0.3) is 0 Å². The summed E-state index contributed by atoms with van der Waals surface area (Å²) in [5.41, 5.74) is 2.20. The number of hydrogen-bond donors (Lipinski definition) is 0. The summed E-state index contributed by atoms with van der Waals surface area (Å²) in [6.45, 7) is 10.8. The van der Waals surface area contributed by atoms with Crippen LogP contribution in [0.3, 0.4) is 0 Å². The lowest BCUT2D eigenvalue weighted by Crippen LogP contribution is -2.48. The Balaban J connectivity index is 2.12. The van der Waals surface area contributed by atoms with Crippen molar-refractivity contribution >= 4 is 12.2 Å². The van der Waals surface area contributed by atoms with Crippen LogP contribution in [-0.2, 0) is 4.74 Å². The molecule has 0 radical (unpaired) electrons. The molecular formula is C20H29NO2. The fourth-order valence-corrected chi connectivity index (χ4v) is 2.97. The predicted octanol–water partition coefficient (Wildman–Crippen LogP) is 5.13. The van der Waals surface area contributed by atoms with Crippen LogP contribution in [0.4, 0.5) is 4.79 Å². The molecule has 3 heteroatoms. The van der Waals surface area contributed by atoms with Gasteiger partial charge in [0.05, 0.1) is 0 Å². The average molecular weight is 315 g/mol. The molecule has 1 unspecified atom stereocenters. The fraction of sp³-hybridized carbons (Fsp3) is 0.550. The van der Waals surface area contributed by atoms with E-state index in [0.717, 1.165) is 19.4 Å². The van der Waals surface area contributed by atoms with Crippen LogP contribution >= 0.6 is 0 Å². The Kier molecular flexibility index (Phi) is 5.51. The number of likely N-dealkylation sites (tertiary alicyclic amines) is 1. The Labute approximate surface area is 140 Å². The maximum absolute atomic E-state index is 12.5. The first kappa shape index (κ1) is 17.6. The van der Waals surface area contributed by atoms with Crippen molar-refractivity contribution in [2.45, 2.75) is 59.1 Å². The monoisotopic (exact) mass is 315 g/mol. The van der Waals surface area contributed by atoms with Gasteiger partial charge in [-0.2, -0.15) is 0 Å². The maximum atomic E-state index is 12.5. The molecule has 1 amide bonds. The van der Waals surface area contributed by atoms with E-state index in [-0.39, 0.29) is 12.1 Å². The van der Waals surface area contributed by atoms with Crippen LogP contribution < -0.4 is 0 Å². The molecular weight excluding hydrogens is 286 g/mol. The molecule has 23 heavy (non-hydrogen) atoms. The summed E-state index contributed by atoms with van der Waals surface area (Å²) in [6.07, 6.45) is 3.92. The summed E-state index contributed by atoms with van der Waals surface area (Å²) in [5, 5.41) is 0. The number of nitrogens with zero attached hydrogens (tertiary/aromatic N) is 1. The summed E-state index contributed by atoms with van der Waals surface area (Å²) in [7, 11) is 0. The van der Waals surface area contributed by atoms with Crippen LogP contribution in [0.25, 0.3) is 6.08 Å². The van der Waals surface area contributed by atoms with E-state index in [1.165, 1.54) is 11.1 Å². The Morgan fingerprint density at radius 2 is 1.91 bits per heavy atom. The Morgan fingerprint density at radius 1 is 1.26 bits per heavy atom. The van der Waals surface area contributed by atoms with Gasteiger partial charge in [-0.05, 0) is 45.1 Å². The van der Waals surface area contributed by atoms with Gasteiger partial charge >= 0.3 is 6.09 Å². The zero-order valence-corrected chi connectivity index (χ0v) is 15.0. The number of benzene rings is 1. The third-order valence-electron chi connectivity index (χ3n) is 4.11. The Morgan fingerprint density at radius 3 is 2.48 bits per heavy atom. The minimum absolute atomic E-state index is 0.185. The highest BCUT2D eigenvalue weighted by Crippen LogP contribution is 2.29. The average Bonchev–Trinajstić information content (AvgIpc) is 2.46. The third kappa shape index (κ3) is 5.12. The van der Waals surface area contributed by atoms with Crippen molar-refractivity contribution in [1.29, 1.82) is 0 Å². The van der Waals surface area contributed by atoms with Gasteiger partial charge in [-0.15, -0.1) is 0 Å². The highest BCUT2D eigenvalue weighted by Gasteiger charge is 2.33. The zero-order valence-electron chi connectivity index (χ0n) is 15.0. The van der Waals surface area contributed by atoms with Gasteiger partial charge in [0.2, 0.25) is 0 Å². The molecule has 3 nitrogen and oxygen atoms in total. The highest BCUT2D eigenvalue weighted by molar-refractivity contribution is 5.69. The Hall–Kier alpha value is -1.77. The molecule has 1 heterocycles. The van der Waals surface area contributed by atoms with Gasteiger partial charge in [-0.1, -0.05) is 55.8 Å². The van der Waals surface area contributed by atoms with E-state index in [0.29, 0.717) is 5.92 Å². The van der Waals surface area contributed by atoms with Crippen LogP contribution in [0, 0.1) is 5.92 Å². The Bertz CT molecular complexity index is 555. The minimum atomic E-state index is -0.446. The van der Waals surface area contributed by atoms with Gasteiger partial charge in [0.15, 0.2) is 0 Å². The second-order valence-electron chi connectivity index (χ2n) is 7.65. The molecule has 1 aromatic carbocycles. The molecule has 1 aromatic rings. The molecule has 1 aliphatic heterocycles. The van der Waals surface area contributed by atoms with Crippen molar-refractivity contribution in [3.05, 3.63) is 41.5 Å². The third-order valence-corrected chi connectivity index (χ3v) is 4.11. The van der Waals surface area contributed by atoms with Crippen molar-refractivity contribution in [3.8, 4) is 0 Å². The quantitative estimate of drug-likeness (QED) is 0.757. The molecule has 126 valence electrons. The molecule has 0 aromatic heterocycles. The van der Waals surface area contributed by atoms with Crippen LogP contribution in [0.15, 0.2) is 35.9 Å². The predicted molar refractivity (Wildman–Crippen MR) is 95.2 cm³/mol. The van der Waals surface area contributed by atoms with Crippen molar-refractivity contribution in [2.24, 2.45) is 5.92 Å². The highest BCUT2D eigenvalue weighted by atomic mass is 16.6. The van der Waals surface area contributed by atoms with Gasteiger partial charge in [-0.25, -0.2) is 4.79 Å². The van der Waals surface area contributed by atoms with Crippen LogP contribution in [0.5, 0.6) is 0 Å². The molecule has 1 aliphatic rings. The smallest absolute Gasteiger partial charge is 0.410 e. The number of ether oxygens (including phenoxy) is 1.